The largest absolute Gasteiger partial charge is 0.462 e. The molecular weight excluding hydrogens is 384 g/mol. The summed E-state index contributed by atoms with van der Waals surface area (Å²) in [5, 5.41) is 0.557. The van der Waals surface area contributed by atoms with Gasteiger partial charge in [-0.15, -0.1) is 0 Å². The van der Waals surface area contributed by atoms with E-state index in [4.69, 9.17) is 21.2 Å². The molecule has 1 N–H and O–H groups in total. The van der Waals surface area contributed by atoms with Crippen LogP contribution in [0.2, 0.25) is 5.02 Å². The monoisotopic (exact) mass is 398 g/mol. The number of carbonyl (C=O) groups excluding carboxylic acids is 3. The zero-order valence-electron chi connectivity index (χ0n) is 14.8. The van der Waals surface area contributed by atoms with Crippen molar-refractivity contribution in [2.24, 2.45) is 0 Å². The Morgan fingerprint density at radius 2 is 1.82 bits per heavy atom. The summed E-state index contributed by atoms with van der Waals surface area (Å²) in [6.45, 7) is 1.98. The van der Waals surface area contributed by atoms with Gasteiger partial charge < -0.3 is 4.74 Å². The highest BCUT2D eigenvalue weighted by Gasteiger charge is 2.50. The molecule has 1 fully saturated rings. The first-order chi connectivity index (χ1) is 13.5. The molecule has 2 aliphatic heterocycles. The number of esters is 1. The van der Waals surface area contributed by atoms with Crippen LogP contribution in [-0.2, 0) is 19.2 Å². The lowest BCUT2D eigenvalue weighted by atomic mass is 10.1. The van der Waals surface area contributed by atoms with Crippen LogP contribution >= 0.6 is 11.6 Å². The summed E-state index contributed by atoms with van der Waals surface area (Å²) in [5.74, 6) is -1.44. The van der Waals surface area contributed by atoms with Crippen LogP contribution in [0, 0.1) is 0 Å². The Kier molecular flexibility index (Phi) is 4.62. The number of rotatable bonds is 4. The first-order valence-electron chi connectivity index (χ1n) is 8.58. The Labute approximate surface area is 165 Å². The molecule has 4 rings (SSSR count). The summed E-state index contributed by atoms with van der Waals surface area (Å²) >= 11 is 5.91. The summed E-state index contributed by atoms with van der Waals surface area (Å²) in [7, 11) is 0. The zero-order valence-corrected chi connectivity index (χ0v) is 15.5. The van der Waals surface area contributed by atoms with Crippen LogP contribution in [0.25, 0.3) is 5.70 Å². The van der Waals surface area contributed by atoms with E-state index in [1.54, 1.807) is 31.2 Å². The summed E-state index contributed by atoms with van der Waals surface area (Å²) in [5.41, 5.74) is 4.72. The van der Waals surface area contributed by atoms with Crippen molar-refractivity contribution in [1.29, 1.82) is 0 Å². The van der Waals surface area contributed by atoms with Crippen LogP contribution in [-0.4, -0.2) is 30.5 Å². The molecule has 0 spiro atoms. The molecule has 0 aliphatic carbocycles. The fourth-order valence-electron chi connectivity index (χ4n) is 3.13. The molecule has 0 unspecified atom stereocenters. The van der Waals surface area contributed by atoms with E-state index < -0.39 is 23.9 Å². The van der Waals surface area contributed by atoms with Crippen molar-refractivity contribution in [3.05, 3.63) is 70.3 Å². The SMILES string of the molecule is CCOC(=O)c1ccc(N2C(=O)C3=C(c4ccc(Cl)cc4)NO[C@@H]3C2=O)cc1. The number of hydrogen-bond donors (Lipinski definition) is 1. The van der Waals surface area contributed by atoms with Crippen molar-refractivity contribution < 1.29 is 24.0 Å². The van der Waals surface area contributed by atoms with E-state index >= 15 is 0 Å². The molecule has 2 aromatic carbocycles. The molecule has 2 heterocycles. The van der Waals surface area contributed by atoms with Gasteiger partial charge in [0.05, 0.1) is 29.1 Å². The highest BCUT2D eigenvalue weighted by molar-refractivity contribution is 6.33. The molecule has 2 aliphatic rings. The van der Waals surface area contributed by atoms with Gasteiger partial charge in [-0.3, -0.25) is 19.9 Å². The van der Waals surface area contributed by atoms with Crippen molar-refractivity contribution >= 4 is 40.8 Å². The van der Waals surface area contributed by atoms with Gasteiger partial charge in [0.15, 0.2) is 6.10 Å². The molecule has 7 nitrogen and oxygen atoms in total. The number of anilines is 1. The third-order valence-corrected chi connectivity index (χ3v) is 4.71. The van der Waals surface area contributed by atoms with E-state index in [0.29, 0.717) is 27.5 Å². The van der Waals surface area contributed by atoms with Gasteiger partial charge in [0, 0.05) is 10.6 Å². The number of hydroxylamine groups is 1. The van der Waals surface area contributed by atoms with Gasteiger partial charge in [-0.05, 0) is 43.3 Å². The fourth-order valence-corrected chi connectivity index (χ4v) is 3.26. The average molecular weight is 399 g/mol. The normalized spacial score (nSPS) is 18.4. The number of nitrogens with zero attached hydrogens (tertiary/aromatic N) is 1. The standard InChI is InChI=1S/C20H15ClN2O5/c1-2-27-20(26)12-5-9-14(10-6-12)23-18(24)15-16(22-28-17(15)19(23)25)11-3-7-13(21)8-4-11/h3-10,17,22H,2H2,1H3/t17-/m0/s1. The number of fused-ring (bicyclic) bond motifs is 1. The van der Waals surface area contributed by atoms with E-state index in [1.807, 2.05) is 0 Å². The Hall–Kier alpha value is -3.16. The van der Waals surface area contributed by atoms with Crippen molar-refractivity contribution in [2.75, 3.05) is 11.5 Å². The minimum atomic E-state index is -1.03. The third-order valence-electron chi connectivity index (χ3n) is 4.46. The lowest BCUT2D eigenvalue weighted by Crippen LogP contribution is -2.34. The lowest BCUT2D eigenvalue weighted by Gasteiger charge is -2.16. The van der Waals surface area contributed by atoms with Crippen LogP contribution in [0.5, 0.6) is 0 Å². The summed E-state index contributed by atoms with van der Waals surface area (Å²) < 4.78 is 4.94. The van der Waals surface area contributed by atoms with Crippen LogP contribution in [0.15, 0.2) is 54.1 Å². The average Bonchev–Trinajstić information content (AvgIpc) is 3.23. The Bertz CT molecular complexity index is 998. The van der Waals surface area contributed by atoms with E-state index in [9.17, 15) is 14.4 Å². The molecule has 1 atom stereocenters. The van der Waals surface area contributed by atoms with Gasteiger partial charge in [-0.1, -0.05) is 23.7 Å². The maximum Gasteiger partial charge on any atom is 0.338 e. The van der Waals surface area contributed by atoms with E-state index in [1.165, 1.54) is 24.3 Å². The van der Waals surface area contributed by atoms with E-state index in [0.717, 1.165) is 4.90 Å². The maximum absolute atomic E-state index is 13.0. The van der Waals surface area contributed by atoms with Gasteiger partial charge in [-0.2, -0.15) is 0 Å². The number of halogens is 1. The van der Waals surface area contributed by atoms with Crippen molar-refractivity contribution in [1.82, 2.24) is 5.48 Å². The smallest absolute Gasteiger partial charge is 0.338 e. The second-order valence-electron chi connectivity index (χ2n) is 6.14. The molecule has 1 saturated heterocycles. The van der Waals surface area contributed by atoms with E-state index in [-0.39, 0.29) is 12.2 Å². The van der Waals surface area contributed by atoms with E-state index in [2.05, 4.69) is 5.48 Å². The number of hydrogen-bond acceptors (Lipinski definition) is 6. The Balaban J connectivity index is 1.67. The molecule has 0 radical (unpaired) electrons. The summed E-state index contributed by atoms with van der Waals surface area (Å²) in [4.78, 5) is 43.9. The molecule has 2 amide bonds. The quantitative estimate of drug-likeness (QED) is 0.629. The number of ether oxygens (including phenoxy) is 1. The topological polar surface area (TPSA) is 84.9 Å². The molecule has 2 aromatic rings. The number of amides is 2. The number of nitrogens with one attached hydrogen (secondary N) is 1. The van der Waals surface area contributed by atoms with Crippen molar-refractivity contribution in [3.63, 3.8) is 0 Å². The Morgan fingerprint density at radius 1 is 1.14 bits per heavy atom. The summed E-state index contributed by atoms with van der Waals surface area (Å²) in [6, 6.07) is 12.9. The van der Waals surface area contributed by atoms with Crippen LogP contribution in [0.3, 0.4) is 0 Å². The highest BCUT2D eigenvalue weighted by Crippen LogP contribution is 2.36. The Morgan fingerprint density at radius 3 is 2.46 bits per heavy atom. The van der Waals surface area contributed by atoms with Gasteiger partial charge >= 0.3 is 5.97 Å². The minimum Gasteiger partial charge on any atom is -0.462 e. The lowest BCUT2D eigenvalue weighted by molar-refractivity contribution is -0.127. The molecule has 0 saturated carbocycles. The van der Waals surface area contributed by atoms with Gasteiger partial charge in [0.1, 0.15) is 0 Å². The molecule has 0 aromatic heterocycles. The molecule has 0 bridgehead atoms. The highest BCUT2D eigenvalue weighted by atomic mass is 35.5. The predicted molar refractivity (Wildman–Crippen MR) is 101 cm³/mol. The molecule has 28 heavy (non-hydrogen) atoms. The molecular formula is C20H15ClN2O5. The van der Waals surface area contributed by atoms with Crippen LogP contribution in [0.4, 0.5) is 5.69 Å². The number of benzene rings is 2. The number of carbonyl (C=O) groups is 3. The van der Waals surface area contributed by atoms with Crippen molar-refractivity contribution in [3.8, 4) is 0 Å². The maximum atomic E-state index is 13.0. The summed E-state index contributed by atoms with van der Waals surface area (Å²) in [6.07, 6.45) is -1.03. The first-order valence-corrected chi connectivity index (χ1v) is 8.96. The fraction of sp³-hybridized carbons (Fsp3) is 0.150. The number of imide groups is 1. The van der Waals surface area contributed by atoms with Crippen LogP contribution < -0.4 is 10.4 Å². The molecule has 142 valence electrons. The zero-order chi connectivity index (χ0) is 19.8. The van der Waals surface area contributed by atoms with Gasteiger partial charge in [-0.25, -0.2) is 9.69 Å². The first kappa shape index (κ1) is 18.2. The van der Waals surface area contributed by atoms with Gasteiger partial charge in [0.2, 0.25) is 0 Å². The second kappa shape index (κ2) is 7.10. The minimum absolute atomic E-state index is 0.238. The predicted octanol–water partition coefficient (Wildman–Crippen LogP) is 2.70. The molecule has 8 heteroatoms. The van der Waals surface area contributed by atoms with Gasteiger partial charge in [0.25, 0.3) is 11.8 Å². The van der Waals surface area contributed by atoms with Crippen molar-refractivity contribution in [2.45, 2.75) is 13.0 Å². The second-order valence-corrected chi connectivity index (χ2v) is 6.58. The van der Waals surface area contributed by atoms with Crippen LogP contribution in [0.1, 0.15) is 22.8 Å². The third kappa shape index (κ3) is 2.94.